The number of aromatic nitrogens is 3. The van der Waals surface area contributed by atoms with E-state index in [2.05, 4.69) is 15.3 Å². The average Bonchev–Trinajstić information content (AvgIpc) is 2.87. The lowest BCUT2D eigenvalue weighted by molar-refractivity contribution is -0.671. The SMILES string of the molecule is C[n+]1cccc(Cn2ncc(N=Nc3ccccc3Cl)c2N)c1.[Cl-]. The second-order valence-electron chi connectivity index (χ2n) is 5.10. The first-order chi connectivity index (χ1) is 11.1. The zero-order chi connectivity index (χ0) is 16.2. The first-order valence-corrected chi connectivity index (χ1v) is 7.43. The Labute approximate surface area is 151 Å². The molecule has 0 aliphatic carbocycles. The van der Waals surface area contributed by atoms with Crippen molar-refractivity contribution < 1.29 is 17.0 Å². The van der Waals surface area contributed by atoms with Crippen LogP contribution in [0, 0.1) is 0 Å². The lowest BCUT2D eigenvalue weighted by Gasteiger charge is -2.03. The quantitative estimate of drug-likeness (QED) is 0.539. The Morgan fingerprint density at radius 3 is 2.67 bits per heavy atom. The molecule has 2 N–H and O–H groups in total. The van der Waals surface area contributed by atoms with Crippen molar-refractivity contribution in [3.05, 3.63) is 65.6 Å². The van der Waals surface area contributed by atoms with Crippen LogP contribution < -0.4 is 22.7 Å². The van der Waals surface area contributed by atoms with Crippen molar-refractivity contribution in [3.63, 3.8) is 0 Å². The van der Waals surface area contributed by atoms with E-state index in [4.69, 9.17) is 17.3 Å². The summed E-state index contributed by atoms with van der Waals surface area (Å²) in [6, 6.07) is 11.2. The number of benzene rings is 1. The fraction of sp³-hybridized carbons (Fsp3) is 0.125. The van der Waals surface area contributed by atoms with E-state index in [0.717, 1.165) is 5.56 Å². The maximum atomic E-state index is 6.10. The number of nitrogen functional groups attached to an aromatic ring is 1. The number of rotatable bonds is 4. The number of hydrogen-bond donors (Lipinski definition) is 1. The molecule has 24 heavy (non-hydrogen) atoms. The Morgan fingerprint density at radius 1 is 1.17 bits per heavy atom. The molecule has 124 valence electrons. The summed E-state index contributed by atoms with van der Waals surface area (Å²) in [7, 11) is 1.97. The Morgan fingerprint density at radius 2 is 1.92 bits per heavy atom. The molecule has 0 unspecified atom stereocenters. The Hall–Kier alpha value is -2.44. The predicted octanol–water partition coefficient (Wildman–Crippen LogP) is 0.411. The summed E-state index contributed by atoms with van der Waals surface area (Å²) in [4.78, 5) is 0. The zero-order valence-electron chi connectivity index (χ0n) is 13.0. The molecular weight excluding hydrogens is 347 g/mol. The van der Waals surface area contributed by atoms with Crippen LogP contribution in [0.1, 0.15) is 5.56 Å². The summed E-state index contributed by atoms with van der Waals surface area (Å²) in [6.07, 6.45) is 5.59. The molecule has 2 heterocycles. The van der Waals surface area contributed by atoms with Crippen molar-refractivity contribution in [1.29, 1.82) is 0 Å². The van der Waals surface area contributed by atoms with Gasteiger partial charge in [-0.3, -0.25) is 0 Å². The smallest absolute Gasteiger partial charge is 0.173 e. The van der Waals surface area contributed by atoms with Crippen molar-refractivity contribution in [3.8, 4) is 0 Å². The van der Waals surface area contributed by atoms with Gasteiger partial charge in [0.2, 0.25) is 0 Å². The van der Waals surface area contributed by atoms with Gasteiger partial charge < -0.3 is 18.1 Å². The van der Waals surface area contributed by atoms with Gasteiger partial charge in [-0.2, -0.15) is 5.10 Å². The average molecular weight is 363 g/mol. The van der Waals surface area contributed by atoms with Crippen molar-refractivity contribution in [2.24, 2.45) is 17.3 Å². The molecule has 0 aliphatic heterocycles. The van der Waals surface area contributed by atoms with Gasteiger partial charge in [-0.05, 0) is 18.2 Å². The molecule has 0 saturated heterocycles. The second-order valence-corrected chi connectivity index (χ2v) is 5.51. The Kier molecular flexibility index (Phi) is 5.89. The molecule has 0 bridgehead atoms. The third-order valence-electron chi connectivity index (χ3n) is 3.31. The van der Waals surface area contributed by atoms with E-state index < -0.39 is 0 Å². The number of nitrogens with two attached hydrogens (primary N) is 1. The van der Waals surface area contributed by atoms with Crippen molar-refractivity contribution in [2.75, 3.05) is 5.73 Å². The lowest BCUT2D eigenvalue weighted by atomic mass is 10.3. The molecule has 0 saturated carbocycles. The van der Waals surface area contributed by atoms with Gasteiger partial charge in [0, 0.05) is 11.6 Å². The number of nitrogens with zero attached hydrogens (tertiary/aromatic N) is 5. The van der Waals surface area contributed by atoms with Crippen molar-refractivity contribution >= 4 is 28.8 Å². The highest BCUT2D eigenvalue weighted by molar-refractivity contribution is 6.32. The van der Waals surface area contributed by atoms with Crippen LogP contribution in [0.25, 0.3) is 0 Å². The molecule has 1 aromatic carbocycles. The molecule has 2 aromatic heterocycles. The number of anilines is 1. The van der Waals surface area contributed by atoms with Crippen LogP contribution in [0.2, 0.25) is 5.02 Å². The standard InChI is InChI=1S/C16H16ClN6.ClH/c1-22-8-4-5-12(10-22)11-23-16(18)15(9-19-23)21-20-14-7-3-2-6-13(14)17;/h2-10H,11,18H2,1H3;1H/q+1;/p-1. The van der Waals surface area contributed by atoms with E-state index in [9.17, 15) is 0 Å². The van der Waals surface area contributed by atoms with Gasteiger partial charge in [-0.1, -0.05) is 23.7 Å². The fourth-order valence-electron chi connectivity index (χ4n) is 2.15. The normalized spacial score (nSPS) is 10.8. The van der Waals surface area contributed by atoms with Crippen LogP contribution in [0.4, 0.5) is 17.2 Å². The largest absolute Gasteiger partial charge is 1.00 e. The van der Waals surface area contributed by atoms with Crippen LogP contribution in [0.15, 0.2) is 65.2 Å². The van der Waals surface area contributed by atoms with Gasteiger partial charge in [0.1, 0.15) is 24.2 Å². The molecule has 0 radical (unpaired) electrons. The number of aryl methyl sites for hydroxylation is 1. The fourth-order valence-corrected chi connectivity index (χ4v) is 2.32. The van der Waals surface area contributed by atoms with E-state index >= 15 is 0 Å². The maximum absolute atomic E-state index is 6.10. The zero-order valence-corrected chi connectivity index (χ0v) is 14.5. The molecule has 0 aliphatic rings. The predicted molar refractivity (Wildman–Crippen MR) is 89.0 cm³/mol. The van der Waals surface area contributed by atoms with E-state index in [1.165, 1.54) is 0 Å². The second kappa shape index (κ2) is 7.90. The van der Waals surface area contributed by atoms with Gasteiger partial charge in [0.25, 0.3) is 0 Å². The number of azo groups is 1. The third kappa shape index (κ3) is 4.10. The summed E-state index contributed by atoms with van der Waals surface area (Å²) in [6.45, 7) is 0.572. The highest BCUT2D eigenvalue weighted by atomic mass is 35.5. The van der Waals surface area contributed by atoms with E-state index in [0.29, 0.717) is 28.8 Å². The number of hydrogen-bond acceptors (Lipinski definition) is 4. The van der Waals surface area contributed by atoms with E-state index in [1.807, 2.05) is 48.3 Å². The highest BCUT2D eigenvalue weighted by Gasteiger charge is 2.09. The molecule has 0 fully saturated rings. The molecule has 8 heteroatoms. The van der Waals surface area contributed by atoms with Gasteiger partial charge in [0.05, 0.1) is 17.8 Å². The van der Waals surface area contributed by atoms with Crippen LogP contribution >= 0.6 is 11.6 Å². The topological polar surface area (TPSA) is 72.4 Å². The Balaban J connectivity index is 0.00000208. The van der Waals surface area contributed by atoms with Gasteiger partial charge in [-0.15, -0.1) is 10.2 Å². The van der Waals surface area contributed by atoms with Crippen molar-refractivity contribution in [2.45, 2.75) is 6.54 Å². The molecule has 0 spiro atoms. The summed E-state index contributed by atoms with van der Waals surface area (Å²) in [5.41, 5.74) is 8.31. The van der Waals surface area contributed by atoms with Crippen LogP contribution in [0.3, 0.4) is 0 Å². The summed E-state index contributed by atoms with van der Waals surface area (Å²) in [5, 5.41) is 13.1. The van der Waals surface area contributed by atoms with E-state index in [1.54, 1.807) is 23.0 Å². The van der Waals surface area contributed by atoms with Gasteiger partial charge in [-0.25, -0.2) is 9.25 Å². The summed E-state index contributed by atoms with van der Waals surface area (Å²) in [5.74, 6) is 0.465. The van der Waals surface area contributed by atoms with Crippen molar-refractivity contribution in [1.82, 2.24) is 9.78 Å². The molecule has 6 nitrogen and oxygen atoms in total. The minimum absolute atomic E-state index is 0. The van der Waals surface area contributed by atoms with Gasteiger partial charge in [0.15, 0.2) is 12.4 Å². The monoisotopic (exact) mass is 362 g/mol. The van der Waals surface area contributed by atoms with Crippen LogP contribution in [-0.4, -0.2) is 9.78 Å². The molecule has 0 amide bonds. The first-order valence-electron chi connectivity index (χ1n) is 7.05. The molecule has 3 aromatic rings. The minimum Gasteiger partial charge on any atom is -1.00 e. The Bertz CT molecular complexity index is 859. The molecular formula is C16H16Cl2N6. The molecule has 0 atom stereocenters. The third-order valence-corrected chi connectivity index (χ3v) is 3.63. The van der Waals surface area contributed by atoms with Gasteiger partial charge >= 0.3 is 0 Å². The van der Waals surface area contributed by atoms with Crippen LogP contribution in [-0.2, 0) is 13.6 Å². The number of pyridine rings is 1. The minimum atomic E-state index is 0. The van der Waals surface area contributed by atoms with Crippen LogP contribution in [0.5, 0.6) is 0 Å². The summed E-state index contributed by atoms with van der Waals surface area (Å²) < 4.78 is 3.67. The maximum Gasteiger partial charge on any atom is 0.173 e. The number of halogens is 2. The summed E-state index contributed by atoms with van der Waals surface area (Å²) >= 11 is 6.05. The molecule has 3 rings (SSSR count). The first kappa shape index (κ1) is 17.9. The lowest BCUT2D eigenvalue weighted by Crippen LogP contribution is -3.00. The van der Waals surface area contributed by atoms with E-state index in [-0.39, 0.29) is 12.4 Å². The highest BCUT2D eigenvalue weighted by Crippen LogP contribution is 2.28.